The van der Waals surface area contributed by atoms with E-state index in [0.717, 1.165) is 27.6 Å². The van der Waals surface area contributed by atoms with Gasteiger partial charge >= 0.3 is 0 Å². The number of carbonyl (C=O) groups excluding carboxylic acids is 1. The fourth-order valence-electron chi connectivity index (χ4n) is 3.52. The molecule has 2 aromatic carbocycles. The van der Waals surface area contributed by atoms with E-state index >= 15 is 0 Å². The summed E-state index contributed by atoms with van der Waals surface area (Å²) < 4.78 is 33.5. The van der Waals surface area contributed by atoms with Crippen molar-refractivity contribution < 1.29 is 17.9 Å². The number of nitrogens with zero attached hydrogens (tertiary/aromatic N) is 3. The van der Waals surface area contributed by atoms with Crippen LogP contribution in [0.25, 0.3) is 5.69 Å². The summed E-state index contributed by atoms with van der Waals surface area (Å²) in [5, 5.41) is 2.87. The fourth-order valence-corrected chi connectivity index (χ4v) is 4.70. The van der Waals surface area contributed by atoms with Crippen LogP contribution in [0.5, 0.6) is 5.75 Å². The third kappa shape index (κ3) is 5.28. The van der Waals surface area contributed by atoms with E-state index in [1.54, 1.807) is 37.4 Å². The van der Waals surface area contributed by atoms with Gasteiger partial charge in [0.2, 0.25) is 15.9 Å². The van der Waals surface area contributed by atoms with Gasteiger partial charge in [-0.3, -0.25) is 9.10 Å². The van der Waals surface area contributed by atoms with Crippen LogP contribution in [-0.4, -0.2) is 42.8 Å². The van der Waals surface area contributed by atoms with Crippen molar-refractivity contribution in [2.24, 2.45) is 0 Å². The fraction of sp³-hybridized carbons (Fsp3) is 0.304. The second-order valence-electron chi connectivity index (χ2n) is 7.35. The molecule has 1 amide bonds. The molecule has 0 saturated heterocycles. The summed E-state index contributed by atoms with van der Waals surface area (Å²) in [6.45, 7) is 6.10. The first kappa shape index (κ1) is 23.3. The van der Waals surface area contributed by atoms with Crippen LogP contribution >= 0.6 is 0 Å². The van der Waals surface area contributed by atoms with E-state index in [1.807, 2.05) is 48.9 Å². The first-order valence-corrected chi connectivity index (χ1v) is 12.2. The number of aryl methyl sites for hydroxylation is 1. The second-order valence-corrected chi connectivity index (χ2v) is 9.21. The molecule has 0 aliphatic rings. The molecular formula is C23H28N4O4S. The minimum Gasteiger partial charge on any atom is -0.494 e. The molecule has 0 aliphatic heterocycles. The molecule has 1 atom stereocenters. The number of anilines is 1. The molecule has 1 aromatic heterocycles. The lowest BCUT2D eigenvalue weighted by Gasteiger charge is -2.28. The molecule has 3 aromatic rings. The number of sulfonamides is 1. The van der Waals surface area contributed by atoms with Crippen molar-refractivity contribution in [3.63, 3.8) is 0 Å². The van der Waals surface area contributed by atoms with Crippen LogP contribution in [0.2, 0.25) is 0 Å². The molecule has 0 bridgehead atoms. The maximum absolute atomic E-state index is 13.0. The number of hydrogen-bond donors (Lipinski definition) is 1. The number of amides is 1. The summed E-state index contributed by atoms with van der Waals surface area (Å²) in [4.78, 5) is 17.2. The average Bonchev–Trinajstić information content (AvgIpc) is 3.18. The molecule has 1 heterocycles. The van der Waals surface area contributed by atoms with Crippen molar-refractivity contribution in [2.75, 3.05) is 17.2 Å². The van der Waals surface area contributed by atoms with Gasteiger partial charge in [-0.05, 0) is 56.7 Å². The molecule has 1 N–H and O–H groups in total. The summed E-state index contributed by atoms with van der Waals surface area (Å²) in [5.41, 5.74) is 2.19. The van der Waals surface area contributed by atoms with Gasteiger partial charge in [0.15, 0.2) is 0 Å². The SMILES string of the molecule is CCOc1ccc(N([C@H](C)C(=O)NCc2ccccc2-n2ccnc2C)S(C)(=O)=O)cc1. The maximum atomic E-state index is 13.0. The third-order valence-electron chi connectivity index (χ3n) is 5.02. The zero-order valence-corrected chi connectivity index (χ0v) is 19.5. The van der Waals surface area contributed by atoms with Gasteiger partial charge in [-0.1, -0.05) is 18.2 Å². The normalized spacial score (nSPS) is 12.2. The Morgan fingerprint density at radius 1 is 1.19 bits per heavy atom. The predicted molar refractivity (Wildman–Crippen MR) is 125 cm³/mol. The number of ether oxygens (including phenoxy) is 1. The zero-order chi connectivity index (χ0) is 23.3. The van der Waals surface area contributed by atoms with Gasteiger partial charge in [0, 0.05) is 18.9 Å². The van der Waals surface area contributed by atoms with E-state index in [9.17, 15) is 13.2 Å². The minimum absolute atomic E-state index is 0.248. The maximum Gasteiger partial charge on any atom is 0.243 e. The molecule has 0 saturated carbocycles. The van der Waals surface area contributed by atoms with Gasteiger partial charge in [0.1, 0.15) is 17.6 Å². The minimum atomic E-state index is -3.70. The number of benzene rings is 2. The summed E-state index contributed by atoms with van der Waals surface area (Å²) in [6.07, 6.45) is 4.66. The number of nitrogens with one attached hydrogen (secondary N) is 1. The highest BCUT2D eigenvalue weighted by Crippen LogP contribution is 2.24. The van der Waals surface area contributed by atoms with E-state index in [2.05, 4.69) is 10.3 Å². The summed E-state index contributed by atoms with van der Waals surface area (Å²) in [7, 11) is -3.70. The first-order valence-electron chi connectivity index (χ1n) is 10.3. The molecule has 170 valence electrons. The quantitative estimate of drug-likeness (QED) is 0.534. The Morgan fingerprint density at radius 3 is 2.47 bits per heavy atom. The van der Waals surface area contributed by atoms with Crippen LogP contribution in [0.15, 0.2) is 60.9 Å². The van der Waals surface area contributed by atoms with Crippen molar-refractivity contribution in [3.05, 3.63) is 72.3 Å². The Bertz CT molecular complexity index is 1170. The highest BCUT2D eigenvalue weighted by molar-refractivity contribution is 7.92. The van der Waals surface area contributed by atoms with Gasteiger partial charge in [0.05, 0.1) is 24.2 Å². The van der Waals surface area contributed by atoms with Crippen molar-refractivity contribution in [1.29, 1.82) is 0 Å². The summed E-state index contributed by atoms with van der Waals surface area (Å²) in [5.74, 6) is 1.06. The Morgan fingerprint density at radius 2 is 1.88 bits per heavy atom. The number of imidazole rings is 1. The monoisotopic (exact) mass is 456 g/mol. The van der Waals surface area contributed by atoms with Gasteiger partial charge in [0.25, 0.3) is 0 Å². The van der Waals surface area contributed by atoms with E-state index in [4.69, 9.17) is 4.74 Å². The smallest absolute Gasteiger partial charge is 0.243 e. The summed E-state index contributed by atoms with van der Waals surface area (Å²) >= 11 is 0. The molecular weight excluding hydrogens is 428 g/mol. The van der Waals surface area contributed by atoms with Crippen molar-refractivity contribution >= 4 is 21.6 Å². The van der Waals surface area contributed by atoms with Crippen molar-refractivity contribution in [2.45, 2.75) is 33.4 Å². The van der Waals surface area contributed by atoms with Crippen molar-refractivity contribution in [3.8, 4) is 11.4 Å². The first-order chi connectivity index (χ1) is 15.2. The Balaban J connectivity index is 1.79. The molecule has 8 nitrogen and oxygen atoms in total. The van der Waals surface area contributed by atoms with Gasteiger partial charge < -0.3 is 14.6 Å². The van der Waals surface area contributed by atoms with Crippen LogP contribution in [0.4, 0.5) is 5.69 Å². The van der Waals surface area contributed by atoms with Crippen LogP contribution in [0.3, 0.4) is 0 Å². The molecule has 32 heavy (non-hydrogen) atoms. The Labute approximate surface area is 188 Å². The van der Waals surface area contributed by atoms with E-state index in [1.165, 1.54) is 0 Å². The number of hydrogen-bond acceptors (Lipinski definition) is 5. The molecule has 3 rings (SSSR count). The Kier molecular flexibility index (Phi) is 7.19. The average molecular weight is 457 g/mol. The largest absolute Gasteiger partial charge is 0.494 e. The topological polar surface area (TPSA) is 93.5 Å². The molecule has 0 fully saturated rings. The van der Waals surface area contributed by atoms with E-state index in [0.29, 0.717) is 18.0 Å². The van der Waals surface area contributed by atoms with Crippen molar-refractivity contribution in [1.82, 2.24) is 14.9 Å². The van der Waals surface area contributed by atoms with Crippen LogP contribution in [-0.2, 0) is 21.4 Å². The molecule has 9 heteroatoms. The number of aromatic nitrogens is 2. The highest BCUT2D eigenvalue weighted by Gasteiger charge is 2.29. The lowest BCUT2D eigenvalue weighted by molar-refractivity contribution is -0.122. The lowest BCUT2D eigenvalue weighted by Crippen LogP contribution is -2.47. The second kappa shape index (κ2) is 9.86. The number of para-hydroxylation sites is 1. The lowest BCUT2D eigenvalue weighted by atomic mass is 10.1. The van der Waals surface area contributed by atoms with Gasteiger partial charge in [-0.15, -0.1) is 0 Å². The Hall–Kier alpha value is -3.33. The summed E-state index contributed by atoms with van der Waals surface area (Å²) in [6, 6.07) is 13.4. The van der Waals surface area contributed by atoms with Gasteiger partial charge in [-0.2, -0.15) is 0 Å². The molecule has 0 unspecified atom stereocenters. The highest BCUT2D eigenvalue weighted by atomic mass is 32.2. The standard InChI is InChI=1S/C23H28N4O4S/c1-5-31-21-12-10-20(11-13-21)27(32(4,29)30)17(2)23(28)25-16-19-8-6-7-9-22(19)26-15-14-24-18(26)3/h6-15,17H,5,16H2,1-4H3,(H,25,28)/t17-/m1/s1. The third-order valence-corrected chi connectivity index (χ3v) is 6.26. The number of rotatable bonds is 9. The molecule has 0 aliphatic carbocycles. The van der Waals surface area contributed by atoms with E-state index in [-0.39, 0.29) is 6.54 Å². The zero-order valence-electron chi connectivity index (χ0n) is 18.6. The predicted octanol–water partition coefficient (Wildman–Crippen LogP) is 3.05. The number of carbonyl (C=O) groups is 1. The molecule has 0 spiro atoms. The van der Waals surface area contributed by atoms with Gasteiger partial charge in [-0.25, -0.2) is 13.4 Å². The van der Waals surface area contributed by atoms with Crippen LogP contribution in [0.1, 0.15) is 25.2 Å². The van der Waals surface area contributed by atoms with Crippen LogP contribution < -0.4 is 14.4 Å². The van der Waals surface area contributed by atoms with E-state index < -0.39 is 22.0 Å². The molecule has 0 radical (unpaired) electrons. The van der Waals surface area contributed by atoms with Crippen LogP contribution in [0, 0.1) is 6.92 Å².